The minimum atomic E-state index is -4.42. The van der Waals surface area contributed by atoms with Gasteiger partial charge in [-0.1, -0.05) is 42.8 Å². The molecule has 2 N–H and O–H groups in total. The lowest BCUT2D eigenvalue weighted by Gasteiger charge is -2.38. The number of rotatable bonds is 9. The number of sulfonamides is 1. The number of nitrogens with one attached hydrogen (secondary N) is 1. The third-order valence-corrected chi connectivity index (χ3v) is 8.87. The Labute approximate surface area is 250 Å². The number of anilines is 1. The predicted molar refractivity (Wildman–Crippen MR) is 157 cm³/mol. The maximum atomic E-state index is 13.7. The highest BCUT2D eigenvalue weighted by molar-refractivity contribution is 7.92. The first-order chi connectivity index (χ1) is 20.2. The number of aliphatic hydroxyl groups is 1. The molecule has 3 aromatic rings. The first-order valence-corrected chi connectivity index (χ1v) is 15.3. The molecule has 1 aliphatic heterocycles. The second-order valence-electron chi connectivity index (χ2n) is 11.1. The largest absolute Gasteiger partial charge is 0.486 e. The van der Waals surface area contributed by atoms with Crippen LogP contribution in [-0.4, -0.2) is 68.1 Å². The highest BCUT2D eigenvalue weighted by Gasteiger charge is 2.35. The number of nitrogens with zero attached hydrogens (tertiary/aromatic N) is 2. The van der Waals surface area contributed by atoms with Crippen LogP contribution in [0.25, 0.3) is 0 Å². The van der Waals surface area contributed by atoms with Crippen LogP contribution < -0.4 is 9.46 Å². The highest BCUT2D eigenvalue weighted by Crippen LogP contribution is 2.36. The van der Waals surface area contributed by atoms with Crippen molar-refractivity contribution in [1.82, 2.24) is 9.80 Å². The van der Waals surface area contributed by atoms with Gasteiger partial charge >= 0.3 is 6.18 Å². The predicted octanol–water partition coefficient (Wildman–Crippen LogP) is 5.17. The Kier molecular flexibility index (Phi) is 9.73. The van der Waals surface area contributed by atoms with Gasteiger partial charge in [-0.3, -0.25) is 14.4 Å². The fraction of sp³-hybridized carbons (Fsp3) is 0.387. The number of hydrogen-bond acceptors (Lipinski definition) is 6. The van der Waals surface area contributed by atoms with E-state index < -0.39 is 39.8 Å². The van der Waals surface area contributed by atoms with Crippen LogP contribution in [0.5, 0.6) is 5.75 Å². The number of fused-ring (bicyclic) bond motifs is 1. The van der Waals surface area contributed by atoms with E-state index in [0.717, 1.165) is 17.7 Å². The van der Waals surface area contributed by atoms with Crippen molar-refractivity contribution in [1.29, 1.82) is 0 Å². The van der Waals surface area contributed by atoms with Gasteiger partial charge in [0.05, 0.1) is 34.4 Å². The van der Waals surface area contributed by atoms with Crippen LogP contribution in [0.2, 0.25) is 0 Å². The quantitative estimate of drug-likeness (QED) is 0.343. The van der Waals surface area contributed by atoms with Gasteiger partial charge in [0.15, 0.2) is 5.75 Å². The van der Waals surface area contributed by atoms with Crippen molar-refractivity contribution in [3.05, 3.63) is 89.0 Å². The lowest BCUT2D eigenvalue weighted by molar-refractivity contribution is -0.137. The van der Waals surface area contributed by atoms with E-state index in [2.05, 4.69) is 4.72 Å². The van der Waals surface area contributed by atoms with Crippen molar-refractivity contribution >= 4 is 21.6 Å². The Hall–Kier alpha value is -3.61. The summed E-state index contributed by atoms with van der Waals surface area (Å²) in [5.41, 5.74) is 1.08. The number of carbonyl (C=O) groups excluding carboxylic acids is 1. The molecule has 0 saturated carbocycles. The molecule has 3 aromatic carbocycles. The van der Waals surface area contributed by atoms with Crippen LogP contribution in [0.15, 0.2) is 71.6 Å². The van der Waals surface area contributed by atoms with Crippen LogP contribution in [0, 0.1) is 12.8 Å². The van der Waals surface area contributed by atoms with Crippen LogP contribution >= 0.6 is 0 Å². The summed E-state index contributed by atoms with van der Waals surface area (Å²) < 4.78 is 74.6. The maximum Gasteiger partial charge on any atom is 0.416 e. The Balaban J connectivity index is 1.66. The average Bonchev–Trinajstić information content (AvgIpc) is 2.94. The summed E-state index contributed by atoms with van der Waals surface area (Å²) in [6, 6.07) is 15.4. The van der Waals surface area contributed by atoms with Crippen LogP contribution in [0.4, 0.5) is 18.9 Å². The van der Waals surface area contributed by atoms with E-state index in [1.165, 1.54) is 30.3 Å². The molecular weight excluding hydrogens is 583 g/mol. The molecular formula is C31H36F3N3O5S. The molecule has 0 aromatic heterocycles. The topological polar surface area (TPSA) is 99.2 Å². The van der Waals surface area contributed by atoms with E-state index in [1.54, 1.807) is 43.1 Å². The molecule has 1 heterocycles. The van der Waals surface area contributed by atoms with Gasteiger partial charge < -0.3 is 14.7 Å². The van der Waals surface area contributed by atoms with Crippen molar-refractivity contribution in [2.45, 2.75) is 50.5 Å². The fourth-order valence-corrected chi connectivity index (χ4v) is 6.01. The van der Waals surface area contributed by atoms with Gasteiger partial charge in [0.25, 0.3) is 15.9 Å². The van der Waals surface area contributed by atoms with Crippen LogP contribution in [0.1, 0.15) is 40.9 Å². The average molecular weight is 620 g/mol. The molecule has 232 valence electrons. The molecule has 12 heteroatoms. The van der Waals surface area contributed by atoms with Gasteiger partial charge in [-0.25, -0.2) is 8.42 Å². The van der Waals surface area contributed by atoms with E-state index in [9.17, 15) is 31.5 Å². The number of halogens is 3. The molecule has 0 radical (unpaired) electrons. The summed E-state index contributed by atoms with van der Waals surface area (Å²) in [6.07, 6.45) is -4.97. The zero-order valence-electron chi connectivity index (χ0n) is 24.4. The summed E-state index contributed by atoms with van der Waals surface area (Å²) in [4.78, 5) is 17.2. The Morgan fingerprint density at radius 3 is 2.35 bits per heavy atom. The summed E-state index contributed by atoms with van der Waals surface area (Å²) in [5.74, 6) is -0.600. The van der Waals surface area contributed by atoms with Gasteiger partial charge in [0, 0.05) is 25.6 Å². The van der Waals surface area contributed by atoms with E-state index in [1.807, 2.05) is 18.7 Å². The third kappa shape index (κ3) is 7.67. The smallest absolute Gasteiger partial charge is 0.416 e. The molecule has 8 nitrogen and oxygen atoms in total. The minimum Gasteiger partial charge on any atom is -0.486 e. The Bertz CT molecular complexity index is 1530. The zero-order chi connectivity index (χ0) is 31.5. The highest BCUT2D eigenvalue weighted by atomic mass is 32.2. The van der Waals surface area contributed by atoms with Gasteiger partial charge in [-0.15, -0.1) is 0 Å². The van der Waals surface area contributed by atoms with Crippen molar-refractivity contribution in [3.63, 3.8) is 0 Å². The summed E-state index contributed by atoms with van der Waals surface area (Å²) in [5, 5.41) is 9.90. The minimum absolute atomic E-state index is 0.0459. The number of aryl methyl sites for hydroxylation is 1. The van der Waals surface area contributed by atoms with Crippen molar-refractivity contribution in [2.24, 2.45) is 5.92 Å². The number of ether oxygens (including phenoxy) is 1. The van der Waals surface area contributed by atoms with Gasteiger partial charge in [0.2, 0.25) is 0 Å². The molecule has 4 rings (SSSR count). The van der Waals surface area contributed by atoms with Crippen LogP contribution in [0.3, 0.4) is 0 Å². The number of benzene rings is 3. The van der Waals surface area contributed by atoms with Gasteiger partial charge in [-0.05, 0) is 62.9 Å². The number of carbonyl (C=O) groups is 1. The second kappa shape index (κ2) is 12.9. The summed E-state index contributed by atoms with van der Waals surface area (Å²) in [7, 11) is -2.23. The molecule has 0 spiro atoms. The number of hydrogen-bond donors (Lipinski definition) is 2. The monoisotopic (exact) mass is 619 g/mol. The molecule has 3 atom stereocenters. The Morgan fingerprint density at radius 2 is 1.74 bits per heavy atom. The SMILES string of the molecule is Cc1ccc(S(=O)(=O)Nc2cccc3c2O[C@H](CN(C)Cc2ccc(C(F)(F)F)cc2)[C@@H](C)CN([C@H](C)CO)C3=O)cc1. The molecule has 1 aliphatic rings. The number of likely N-dealkylation sites (N-methyl/N-ethyl adjacent to an activating group) is 1. The van der Waals surface area contributed by atoms with E-state index in [0.29, 0.717) is 18.7 Å². The lowest BCUT2D eigenvalue weighted by Crippen LogP contribution is -2.49. The van der Waals surface area contributed by atoms with Gasteiger partial charge in [-0.2, -0.15) is 13.2 Å². The van der Waals surface area contributed by atoms with Crippen molar-refractivity contribution in [2.75, 3.05) is 31.5 Å². The summed E-state index contributed by atoms with van der Waals surface area (Å²) >= 11 is 0. The number of alkyl halides is 3. The fourth-order valence-electron chi connectivity index (χ4n) is 4.95. The second-order valence-corrected chi connectivity index (χ2v) is 12.8. The number of amides is 1. The molecule has 1 amide bonds. The van der Waals surface area contributed by atoms with E-state index in [-0.39, 0.29) is 41.0 Å². The normalized spacial score (nSPS) is 18.4. The van der Waals surface area contributed by atoms with Gasteiger partial charge in [0.1, 0.15) is 6.10 Å². The molecule has 0 aliphatic carbocycles. The standard InChI is InChI=1S/C31H36F3N3O5S/c1-20-8-14-25(15-9-20)43(40,41)35-27-7-5-6-26-29(27)42-28(21(2)16-37(30(26)39)22(3)19-38)18-36(4)17-23-10-12-24(13-11-23)31(32,33)34/h5-15,21-22,28,35,38H,16-19H2,1-4H3/t21-,22+,28+/m0/s1. The Morgan fingerprint density at radius 1 is 1.09 bits per heavy atom. The van der Waals surface area contributed by atoms with Crippen LogP contribution in [-0.2, 0) is 22.7 Å². The molecule has 0 saturated heterocycles. The number of para-hydroxylation sites is 1. The van der Waals surface area contributed by atoms with Crippen molar-refractivity contribution < 1.29 is 36.2 Å². The molecule has 0 bridgehead atoms. The first kappa shape index (κ1) is 32.3. The number of aliphatic hydroxyl groups excluding tert-OH is 1. The van der Waals surface area contributed by atoms with Crippen molar-refractivity contribution in [3.8, 4) is 5.75 Å². The summed E-state index contributed by atoms with van der Waals surface area (Å²) in [6.45, 7) is 6.10. The lowest BCUT2D eigenvalue weighted by atomic mass is 9.99. The third-order valence-electron chi connectivity index (χ3n) is 7.49. The first-order valence-electron chi connectivity index (χ1n) is 13.8. The van der Waals surface area contributed by atoms with E-state index >= 15 is 0 Å². The molecule has 43 heavy (non-hydrogen) atoms. The maximum absolute atomic E-state index is 13.7. The van der Waals surface area contributed by atoms with E-state index in [4.69, 9.17) is 4.74 Å². The molecule has 0 unspecified atom stereocenters. The molecule has 0 fully saturated rings. The zero-order valence-corrected chi connectivity index (χ0v) is 25.2.